The number of nitrogens with zero attached hydrogens (tertiary/aromatic N) is 3. The summed E-state index contributed by atoms with van der Waals surface area (Å²) in [5, 5.41) is 4.20. The summed E-state index contributed by atoms with van der Waals surface area (Å²) in [5.41, 5.74) is 5.28. The van der Waals surface area contributed by atoms with Gasteiger partial charge in [-0.3, -0.25) is 4.68 Å². The Bertz CT molecular complexity index is 745. The van der Waals surface area contributed by atoms with Crippen molar-refractivity contribution in [3.05, 3.63) is 58.8 Å². The molecule has 3 nitrogen and oxygen atoms in total. The molecule has 0 saturated heterocycles. The van der Waals surface area contributed by atoms with E-state index in [9.17, 15) is 0 Å². The third-order valence-corrected chi connectivity index (χ3v) is 3.74. The first-order chi connectivity index (χ1) is 9.63. The van der Waals surface area contributed by atoms with Crippen molar-refractivity contribution in [3.8, 4) is 22.5 Å². The molecule has 0 bridgehead atoms. The van der Waals surface area contributed by atoms with Crippen molar-refractivity contribution in [2.75, 3.05) is 0 Å². The van der Waals surface area contributed by atoms with Crippen molar-refractivity contribution in [3.63, 3.8) is 0 Å². The third-order valence-electron chi connectivity index (χ3n) is 3.22. The Morgan fingerprint density at radius 1 is 1.00 bits per heavy atom. The summed E-state index contributed by atoms with van der Waals surface area (Å²) < 4.78 is 2.86. The fourth-order valence-electron chi connectivity index (χ4n) is 2.14. The zero-order valence-corrected chi connectivity index (χ0v) is 12.9. The molecule has 2 aromatic heterocycles. The lowest BCUT2D eigenvalue weighted by atomic mass is 10.1. The van der Waals surface area contributed by atoms with Crippen molar-refractivity contribution in [2.45, 2.75) is 6.92 Å². The van der Waals surface area contributed by atoms with Gasteiger partial charge in [-0.15, -0.1) is 0 Å². The minimum Gasteiger partial charge on any atom is -0.275 e. The van der Waals surface area contributed by atoms with E-state index in [1.54, 1.807) is 4.68 Å². The second kappa shape index (κ2) is 5.21. The number of rotatable bonds is 2. The van der Waals surface area contributed by atoms with Crippen molar-refractivity contribution >= 4 is 15.9 Å². The van der Waals surface area contributed by atoms with Crippen molar-refractivity contribution < 1.29 is 0 Å². The number of aromatic nitrogens is 3. The Labute approximate surface area is 126 Å². The van der Waals surface area contributed by atoms with Crippen molar-refractivity contribution in [1.29, 1.82) is 0 Å². The van der Waals surface area contributed by atoms with E-state index in [0.29, 0.717) is 0 Å². The molecule has 100 valence electrons. The van der Waals surface area contributed by atoms with Crippen LogP contribution in [0.15, 0.2) is 53.3 Å². The van der Waals surface area contributed by atoms with Crippen LogP contribution < -0.4 is 0 Å². The van der Waals surface area contributed by atoms with Crippen molar-refractivity contribution in [1.82, 2.24) is 14.8 Å². The number of halogens is 1. The van der Waals surface area contributed by atoms with Gasteiger partial charge in [0.1, 0.15) is 0 Å². The maximum absolute atomic E-state index is 4.79. The summed E-state index contributed by atoms with van der Waals surface area (Å²) in [6.07, 6.45) is 3.81. The summed E-state index contributed by atoms with van der Waals surface area (Å²) in [5.74, 6) is 0. The van der Waals surface area contributed by atoms with Gasteiger partial charge in [0.15, 0.2) is 0 Å². The molecule has 0 aliphatic heterocycles. The van der Waals surface area contributed by atoms with Gasteiger partial charge in [0.25, 0.3) is 0 Å². The highest BCUT2D eigenvalue weighted by atomic mass is 79.9. The number of benzene rings is 1. The first-order valence-corrected chi connectivity index (χ1v) is 7.15. The second-order valence-corrected chi connectivity index (χ2v) is 5.69. The van der Waals surface area contributed by atoms with E-state index >= 15 is 0 Å². The van der Waals surface area contributed by atoms with Gasteiger partial charge in [-0.1, -0.05) is 34.1 Å². The maximum atomic E-state index is 4.79. The zero-order valence-electron chi connectivity index (χ0n) is 11.3. The summed E-state index contributed by atoms with van der Waals surface area (Å²) >= 11 is 3.46. The van der Waals surface area contributed by atoms with Crippen LogP contribution in [0.3, 0.4) is 0 Å². The highest BCUT2D eigenvalue weighted by Gasteiger charge is 2.08. The maximum Gasteiger partial charge on any atom is 0.0741 e. The van der Waals surface area contributed by atoms with Gasteiger partial charge >= 0.3 is 0 Å². The number of hydrogen-bond acceptors (Lipinski definition) is 2. The van der Waals surface area contributed by atoms with Gasteiger partial charge in [-0.05, 0) is 30.7 Å². The standard InChI is InChI=1S/C16H14BrN3/c1-11-3-8-15(13-9-18-20(2)10-13)19-16(11)12-4-6-14(17)7-5-12/h3-10H,1-2H3. The first-order valence-electron chi connectivity index (χ1n) is 6.36. The normalized spacial score (nSPS) is 10.8. The number of pyridine rings is 1. The molecule has 0 unspecified atom stereocenters. The summed E-state index contributed by atoms with van der Waals surface area (Å²) in [6.45, 7) is 2.08. The van der Waals surface area contributed by atoms with Gasteiger partial charge in [0, 0.05) is 28.8 Å². The van der Waals surface area contributed by atoms with Crippen LogP contribution in [0.1, 0.15) is 5.56 Å². The highest BCUT2D eigenvalue weighted by Crippen LogP contribution is 2.26. The van der Waals surface area contributed by atoms with Crippen LogP contribution in [0.25, 0.3) is 22.5 Å². The summed E-state index contributed by atoms with van der Waals surface area (Å²) in [6, 6.07) is 12.4. The van der Waals surface area contributed by atoms with E-state index in [-0.39, 0.29) is 0 Å². The molecule has 3 rings (SSSR count). The first kappa shape index (κ1) is 13.1. The smallest absolute Gasteiger partial charge is 0.0741 e. The Morgan fingerprint density at radius 2 is 1.75 bits per heavy atom. The van der Waals surface area contributed by atoms with E-state index in [0.717, 1.165) is 27.0 Å². The lowest BCUT2D eigenvalue weighted by molar-refractivity contribution is 0.768. The van der Waals surface area contributed by atoms with Crippen LogP contribution in [-0.4, -0.2) is 14.8 Å². The van der Waals surface area contributed by atoms with Gasteiger partial charge in [0.2, 0.25) is 0 Å². The van der Waals surface area contributed by atoms with Gasteiger partial charge in [-0.2, -0.15) is 5.10 Å². The molecular weight excluding hydrogens is 314 g/mol. The Hall–Kier alpha value is -1.94. The van der Waals surface area contributed by atoms with Gasteiger partial charge < -0.3 is 0 Å². The van der Waals surface area contributed by atoms with Gasteiger partial charge in [0.05, 0.1) is 17.6 Å². The van der Waals surface area contributed by atoms with E-state index in [2.05, 4.69) is 46.2 Å². The van der Waals surface area contributed by atoms with E-state index in [4.69, 9.17) is 4.98 Å². The van der Waals surface area contributed by atoms with E-state index < -0.39 is 0 Å². The predicted molar refractivity (Wildman–Crippen MR) is 84.3 cm³/mol. The minimum atomic E-state index is 0.946. The molecular formula is C16H14BrN3. The molecule has 0 atom stereocenters. The van der Waals surface area contributed by atoms with Crippen molar-refractivity contribution in [2.24, 2.45) is 7.05 Å². The van der Waals surface area contributed by atoms with Crippen LogP contribution in [0.5, 0.6) is 0 Å². The van der Waals surface area contributed by atoms with E-state index in [1.165, 1.54) is 5.56 Å². The third kappa shape index (κ3) is 2.51. The number of hydrogen-bond donors (Lipinski definition) is 0. The molecule has 0 fully saturated rings. The Kier molecular flexibility index (Phi) is 3.40. The predicted octanol–water partition coefficient (Wildman–Crippen LogP) is 4.22. The van der Waals surface area contributed by atoms with E-state index in [1.807, 2.05) is 37.6 Å². The number of aryl methyl sites for hydroxylation is 2. The molecule has 0 aliphatic carbocycles. The minimum absolute atomic E-state index is 0.946. The molecule has 0 spiro atoms. The van der Waals surface area contributed by atoms with Crippen LogP contribution in [-0.2, 0) is 7.05 Å². The van der Waals surface area contributed by atoms with Gasteiger partial charge in [-0.25, -0.2) is 4.98 Å². The van der Waals surface area contributed by atoms with Crippen LogP contribution in [0.4, 0.5) is 0 Å². The average Bonchev–Trinajstić information content (AvgIpc) is 2.87. The molecule has 0 amide bonds. The Balaban J connectivity index is 2.09. The molecule has 1 aromatic carbocycles. The lowest BCUT2D eigenvalue weighted by Crippen LogP contribution is -1.91. The van der Waals surface area contributed by atoms with Crippen LogP contribution in [0, 0.1) is 6.92 Å². The highest BCUT2D eigenvalue weighted by molar-refractivity contribution is 9.10. The Morgan fingerprint density at radius 3 is 2.40 bits per heavy atom. The fraction of sp³-hybridized carbons (Fsp3) is 0.125. The molecule has 0 radical (unpaired) electrons. The SMILES string of the molecule is Cc1ccc(-c2cnn(C)c2)nc1-c1ccc(Br)cc1. The second-order valence-electron chi connectivity index (χ2n) is 4.77. The summed E-state index contributed by atoms with van der Waals surface area (Å²) in [4.78, 5) is 4.79. The lowest BCUT2D eigenvalue weighted by Gasteiger charge is -2.07. The molecule has 0 saturated carbocycles. The van der Waals surface area contributed by atoms with Crippen LogP contribution >= 0.6 is 15.9 Å². The average molecular weight is 328 g/mol. The molecule has 0 aliphatic rings. The molecule has 0 N–H and O–H groups in total. The fourth-order valence-corrected chi connectivity index (χ4v) is 2.41. The molecule has 20 heavy (non-hydrogen) atoms. The molecule has 3 aromatic rings. The summed E-state index contributed by atoms with van der Waals surface area (Å²) in [7, 11) is 1.91. The largest absolute Gasteiger partial charge is 0.275 e. The zero-order chi connectivity index (χ0) is 14.1. The van der Waals surface area contributed by atoms with Crippen LogP contribution in [0.2, 0.25) is 0 Å². The molecule has 4 heteroatoms. The monoisotopic (exact) mass is 327 g/mol. The quantitative estimate of drug-likeness (QED) is 0.705. The topological polar surface area (TPSA) is 30.7 Å². The molecule has 2 heterocycles.